The first-order chi connectivity index (χ1) is 16.7. The van der Waals surface area contributed by atoms with E-state index in [2.05, 4.69) is 5.32 Å². The molecule has 0 aromatic heterocycles. The molecule has 36 heavy (non-hydrogen) atoms. The highest BCUT2D eigenvalue weighted by molar-refractivity contribution is 7.90. The average Bonchev–Trinajstić information content (AvgIpc) is 2.98. The minimum atomic E-state index is -3.95. The highest BCUT2D eigenvalue weighted by atomic mass is 35.5. The molecule has 0 spiro atoms. The summed E-state index contributed by atoms with van der Waals surface area (Å²) in [5.41, 5.74) is 0.307. The van der Waals surface area contributed by atoms with Gasteiger partial charge in [-0.3, -0.25) is 14.4 Å². The van der Waals surface area contributed by atoms with Gasteiger partial charge in [0.05, 0.1) is 15.6 Å². The van der Waals surface area contributed by atoms with Crippen LogP contribution in [0, 0.1) is 0 Å². The Bertz CT molecular complexity index is 1290. The summed E-state index contributed by atoms with van der Waals surface area (Å²) in [6, 6.07) is 10.2. The third-order valence-electron chi connectivity index (χ3n) is 5.67. The number of halogens is 2. The first-order valence-electron chi connectivity index (χ1n) is 11.4. The van der Waals surface area contributed by atoms with Crippen LogP contribution in [-0.2, 0) is 26.2 Å². The van der Waals surface area contributed by atoms with Crippen molar-refractivity contribution >= 4 is 50.9 Å². The molecule has 0 bridgehead atoms. The lowest BCUT2D eigenvalue weighted by Gasteiger charge is -2.31. The van der Waals surface area contributed by atoms with Crippen LogP contribution < -0.4 is 5.32 Å². The minimum absolute atomic E-state index is 0.0324. The molecule has 1 atom stereocenters. The van der Waals surface area contributed by atoms with Crippen molar-refractivity contribution < 1.29 is 22.8 Å². The molecule has 11 heteroatoms. The standard InChI is InChI=1S/C25H29Cl2N3O5S/c1-16(23(32)28-25(2,3)4)29(15-17-11-12-19(26)20(27)14-17)22(31)10-7-13-30-24(33)18-8-5-6-9-21(18)36(30,34)35/h5-6,8-9,11-12,14,16H,7,10,13,15H2,1-4H3,(H,28,32). The molecule has 1 unspecified atom stereocenters. The van der Waals surface area contributed by atoms with Gasteiger partial charge in [-0.2, -0.15) is 0 Å². The van der Waals surface area contributed by atoms with Crippen molar-refractivity contribution in [1.29, 1.82) is 0 Å². The Hall–Kier alpha value is -2.62. The Morgan fingerprint density at radius 1 is 1.08 bits per heavy atom. The van der Waals surface area contributed by atoms with E-state index in [-0.39, 0.29) is 48.2 Å². The van der Waals surface area contributed by atoms with Crippen LogP contribution >= 0.6 is 23.2 Å². The Morgan fingerprint density at radius 3 is 2.36 bits per heavy atom. The zero-order valence-corrected chi connectivity index (χ0v) is 22.9. The van der Waals surface area contributed by atoms with Crippen molar-refractivity contribution in [2.45, 2.75) is 63.6 Å². The molecular formula is C25H29Cl2N3O5S. The van der Waals surface area contributed by atoms with E-state index < -0.39 is 27.5 Å². The molecule has 0 aliphatic carbocycles. The van der Waals surface area contributed by atoms with Gasteiger partial charge in [0.15, 0.2) is 0 Å². The number of amides is 3. The number of nitrogens with one attached hydrogen (secondary N) is 1. The van der Waals surface area contributed by atoms with E-state index in [1.54, 1.807) is 37.3 Å². The van der Waals surface area contributed by atoms with E-state index in [0.717, 1.165) is 4.31 Å². The number of nitrogens with zero attached hydrogens (tertiary/aromatic N) is 2. The third-order valence-corrected chi connectivity index (χ3v) is 8.25. The van der Waals surface area contributed by atoms with Crippen molar-refractivity contribution in [3.05, 3.63) is 63.6 Å². The van der Waals surface area contributed by atoms with Gasteiger partial charge >= 0.3 is 0 Å². The van der Waals surface area contributed by atoms with Gasteiger partial charge in [0.25, 0.3) is 15.9 Å². The number of rotatable bonds is 8. The van der Waals surface area contributed by atoms with Gasteiger partial charge in [-0.25, -0.2) is 12.7 Å². The van der Waals surface area contributed by atoms with Gasteiger partial charge in [0.1, 0.15) is 10.9 Å². The maximum atomic E-state index is 13.3. The molecule has 0 saturated heterocycles. The number of hydrogen-bond donors (Lipinski definition) is 1. The molecule has 3 rings (SSSR count). The lowest BCUT2D eigenvalue weighted by atomic mass is 10.1. The van der Waals surface area contributed by atoms with Crippen LogP contribution in [0.15, 0.2) is 47.4 Å². The average molecular weight is 554 g/mol. The number of hydrogen-bond acceptors (Lipinski definition) is 5. The lowest BCUT2D eigenvalue weighted by molar-refractivity contribution is -0.141. The summed E-state index contributed by atoms with van der Waals surface area (Å²) < 4.78 is 26.3. The fraction of sp³-hybridized carbons (Fsp3) is 0.400. The topological polar surface area (TPSA) is 104 Å². The second-order valence-electron chi connectivity index (χ2n) is 9.67. The van der Waals surface area contributed by atoms with E-state index in [0.29, 0.717) is 15.6 Å². The number of benzene rings is 2. The second-order valence-corrected chi connectivity index (χ2v) is 12.3. The van der Waals surface area contributed by atoms with Gasteiger partial charge in [-0.15, -0.1) is 0 Å². The van der Waals surface area contributed by atoms with Crippen molar-refractivity contribution in [2.75, 3.05) is 6.54 Å². The van der Waals surface area contributed by atoms with Crippen LogP contribution in [-0.4, -0.2) is 53.5 Å². The molecule has 1 aliphatic heterocycles. The van der Waals surface area contributed by atoms with Gasteiger partial charge < -0.3 is 10.2 Å². The van der Waals surface area contributed by atoms with Gasteiger partial charge in [0, 0.05) is 25.0 Å². The maximum absolute atomic E-state index is 13.3. The molecule has 8 nitrogen and oxygen atoms in total. The quantitative estimate of drug-likeness (QED) is 0.526. The van der Waals surface area contributed by atoms with E-state index in [4.69, 9.17) is 23.2 Å². The first kappa shape index (κ1) is 28.0. The van der Waals surface area contributed by atoms with Crippen LogP contribution in [0.2, 0.25) is 10.0 Å². The Labute approximate surface area is 221 Å². The van der Waals surface area contributed by atoms with E-state index in [1.807, 2.05) is 20.8 Å². The van der Waals surface area contributed by atoms with E-state index >= 15 is 0 Å². The second kappa shape index (κ2) is 10.8. The summed E-state index contributed by atoms with van der Waals surface area (Å²) in [5.74, 6) is -1.30. The molecule has 1 aliphatic rings. The zero-order chi connectivity index (χ0) is 26.8. The summed E-state index contributed by atoms with van der Waals surface area (Å²) in [6.07, 6.45) is 0.0351. The SMILES string of the molecule is CC(C(=O)NC(C)(C)C)N(Cc1ccc(Cl)c(Cl)c1)C(=O)CCCN1C(=O)c2ccccc2S1(=O)=O. The predicted molar refractivity (Wildman–Crippen MR) is 138 cm³/mol. The van der Waals surface area contributed by atoms with Crippen LogP contribution in [0.3, 0.4) is 0 Å². The fourth-order valence-corrected chi connectivity index (χ4v) is 5.79. The van der Waals surface area contributed by atoms with Crippen molar-refractivity contribution in [3.8, 4) is 0 Å². The number of fused-ring (bicyclic) bond motifs is 1. The molecule has 1 heterocycles. The third kappa shape index (κ3) is 6.19. The van der Waals surface area contributed by atoms with Crippen LogP contribution in [0.4, 0.5) is 0 Å². The van der Waals surface area contributed by atoms with E-state index in [1.165, 1.54) is 17.0 Å². The smallest absolute Gasteiger partial charge is 0.269 e. The summed E-state index contributed by atoms with van der Waals surface area (Å²) in [4.78, 5) is 40.2. The molecule has 0 radical (unpaired) electrons. The Morgan fingerprint density at radius 2 is 1.75 bits per heavy atom. The molecule has 0 fully saturated rings. The fourth-order valence-electron chi connectivity index (χ4n) is 3.86. The van der Waals surface area contributed by atoms with Crippen molar-refractivity contribution in [3.63, 3.8) is 0 Å². The Balaban J connectivity index is 1.74. The highest BCUT2D eigenvalue weighted by Crippen LogP contribution is 2.30. The monoisotopic (exact) mass is 553 g/mol. The molecule has 0 saturated carbocycles. The van der Waals surface area contributed by atoms with Crippen molar-refractivity contribution in [1.82, 2.24) is 14.5 Å². The predicted octanol–water partition coefficient (Wildman–Crippen LogP) is 4.25. The summed E-state index contributed by atoms with van der Waals surface area (Å²) in [5, 5.41) is 3.57. The molecule has 3 amide bonds. The molecular weight excluding hydrogens is 525 g/mol. The summed E-state index contributed by atoms with van der Waals surface area (Å²) in [6.45, 7) is 7.10. The van der Waals surface area contributed by atoms with E-state index in [9.17, 15) is 22.8 Å². The molecule has 194 valence electrons. The van der Waals surface area contributed by atoms with Crippen LogP contribution in [0.25, 0.3) is 0 Å². The van der Waals surface area contributed by atoms with Crippen molar-refractivity contribution in [2.24, 2.45) is 0 Å². The van der Waals surface area contributed by atoms with Gasteiger partial charge in [-0.1, -0.05) is 41.4 Å². The zero-order valence-electron chi connectivity index (χ0n) is 20.5. The molecule has 2 aromatic carbocycles. The molecule has 2 aromatic rings. The minimum Gasteiger partial charge on any atom is -0.350 e. The number of carbonyl (C=O) groups is 3. The molecule has 1 N–H and O–H groups in total. The van der Waals surface area contributed by atoms with Crippen LogP contribution in [0.5, 0.6) is 0 Å². The summed E-state index contributed by atoms with van der Waals surface area (Å²) in [7, 11) is -3.95. The lowest BCUT2D eigenvalue weighted by Crippen LogP contribution is -2.52. The maximum Gasteiger partial charge on any atom is 0.269 e. The van der Waals surface area contributed by atoms with Gasteiger partial charge in [-0.05, 0) is 63.9 Å². The highest BCUT2D eigenvalue weighted by Gasteiger charge is 2.40. The summed E-state index contributed by atoms with van der Waals surface area (Å²) >= 11 is 12.1. The normalized spacial score (nSPS) is 15.4. The van der Waals surface area contributed by atoms with Gasteiger partial charge in [0.2, 0.25) is 11.8 Å². The number of carbonyl (C=O) groups excluding carboxylic acids is 3. The largest absolute Gasteiger partial charge is 0.350 e. The Kier molecular flexibility index (Phi) is 8.37. The number of sulfonamides is 1. The first-order valence-corrected chi connectivity index (χ1v) is 13.6. The van der Waals surface area contributed by atoms with Crippen LogP contribution in [0.1, 0.15) is 56.5 Å².